The Hall–Kier alpha value is -3.34. The van der Waals surface area contributed by atoms with Crippen molar-refractivity contribution in [3.8, 4) is 11.5 Å². The second kappa shape index (κ2) is 10.3. The topological polar surface area (TPSA) is 54.5 Å². The van der Waals surface area contributed by atoms with Crippen molar-refractivity contribution >= 4 is 17.3 Å². The van der Waals surface area contributed by atoms with E-state index in [1.165, 1.54) is 0 Å². The van der Waals surface area contributed by atoms with Gasteiger partial charge in [0.15, 0.2) is 0 Å². The van der Waals surface area contributed by atoms with E-state index in [0.29, 0.717) is 17.0 Å². The van der Waals surface area contributed by atoms with Gasteiger partial charge in [-0.3, -0.25) is 9.78 Å². The van der Waals surface area contributed by atoms with Crippen LogP contribution in [0.3, 0.4) is 0 Å². The molecule has 3 aromatic rings. The summed E-state index contributed by atoms with van der Waals surface area (Å²) in [6.45, 7) is 6.20. The number of carbonyl (C=O) groups excluding carboxylic acids is 1. The van der Waals surface area contributed by atoms with Gasteiger partial charge < -0.3 is 15.0 Å². The van der Waals surface area contributed by atoms with E-state index in [1.54, 1.807) is 6.20 Å². The quantitative estimate of drug-likeness (QED) is 0.506. The summed E-state index contributed by atoms with van der Waals surface area (Å²) in [5, 5.41) is 2.93. The molecule has 0 aliphatic carbocycles. The average molecular weight is 389 g/mol. The molecular weight excluding hydrogens is 362 g/mol. The summed E-state index contributed by atoms with van der Waals surface area (Å²) in [7, 11) is 0. The van der Waals surface area contributed by atoms with Gasteiger partial charge in [0.05, 0.1) is 17.4 Å². The molecule has 2 aromatic carbocycles. The number of carbonyl (C=O) groups is 1. The molecule has 0 aliphatic rings. The highest BCUT2D eigenvalue weighted by molar-refractivity contribution is 6.04. The molecule has 1 heterocycles. The molecule has 0 saturated carbocycles. The van der Waals surface area contributed by atoms with E-state index in [2.05, 4.69) is 29.0 Å². The van der Waals surface area contributed by atoms with E-state index >= 15 is 0 Å². The monoisotopic (exact) mass is 389 g/mol. The first-order valence-corrected chi connectivity index (χ1v) is 10.0. The molecule has 1 N–H and O–H groups in total. The molecular formula is C24H27N3O2. The SMILES string of the molecule is CCCN(CCC)c1cncc(C(=O)Nc2ccc(Oc3ccccc3)cc2)c1. The molecule has 29 heavy (non-hydrogen) atoms. The Morgan fingerprint density at radius 3 is 2.24 bits per heavy atom. The maximum absolute atomic E-state index is 12.7. The Balaban J connectivity index is 1.66. The van der Waals surface area contributed by atoms with Gasteiger partial charge in [-0.2, -0.15) is 0 Å². The Morgan fingerprint density at radius 1 is 0.931 bits per heavy atom. The van der Waals surface area contributed by atoms with Crippen molar-refractivity contribution in [1.29, 1.82) is 0 Å². The van der Waals surface area contributed by atoms with Crippen molar-refractivity contribution < 1.29 is 9.53 Å². The molecule has 0 saturated heterocycles. The van der Waals surface area contributed by atoms with Crippen molar-refractivity contribution in [1.82, 2.24) is 4.98 Å². The minimum Gasteiger partial charge on any atom is -0.457 e. The Kier molecular flexibility index (Phi) is 7.22. The van der Waals surface area contributed by atoms with Crippen LogP contribution in [0.5, 0.6) is 11.5 Å². The second-order valence-electron chi connectivity index (χ2n) is 6.81. The fourth-order valence-corrected chi connectivity index (χ4v) is 3.07. The molecule has 1 amide bonds. The largest absolute Gasteiger partial charge is 0.457 e. The number of hydrogen-bond acceptors (Lipinski definition) is 4. The van der Waals surface area contributed by atoms with Crippen LogP contribution in [0.2, 0.25) is 0 Å². The molecule has 1 aromatic heterocycles. The van der Waals surface area contributed by atoms with E-state index in [-0.39, 0.29) is 5.91 Å². The number of hydrogen-bond donors (Lipinski definition) is 1. The van der Waals surface area contributed by atoms with Gasteiger partial charge in [-0.25, -0.2) is 0 Å². The predicted molar refractivity (Wildman–Crippen MR) is 118 cm³/mol. The zero-order valence-corrected chi connectivity index (χ0v) is 17.0. The van der Waals surface area contributed by atoms with Crippen LogP contribution in [0.25, 0.3) is 0 Å². The van der Waals surface area contributed by atoms with Gasteiger partial charge in [0.25, 0.3) is 5.91 Å². The second-order valence-corrected chi connectivity index (χ2v) is 6.81. The maximum atomic E-state index is 12.7. The van der Waals surface area contributed by atoms with Crippen LogP contribution in [0.15, 0.2) is 73.1 Å². The lowest BCUT2D eigenvalue weighted by molar-refractivity contribution is 0.102. The Bertz CT molecular complexity index is 905. The number of rotatable bonds is 9. The molecule has 5 heteroatoms. The predicted octanol–water partition coefficient (Wildman–Crippen LogP) is 5.75. The average Bonchev–Trinajstić information content (AvgIpc) is 2.76. The zero-order valence-electron chi connectivity index (χ0n) is 17.0. The first-order valence-electron chi connectivity index (χ1n) is 10.0. The highest BCUT2D eigenvalue weighted by atomic mass is 16.5. The molecule has 3 rings (SSSR count). The fraction of sp³-hybridized carbons (Fsp3) is 0.250. The summed E-state index contributed by atoms with van der Waals surface area (Å²) < 4.78 is 5.78. The zero-order chi connectivity index (χ0) is 20.5. The lowest BCUT2D eigenvalue weighted by atomic mass is 10.2. The van der Waals surface area contributed by atoms with Crippen molar-refractivity contribution in [2.45, 2.75) is 26.7 Å². The maximum Gasteiger partial charge on any atom is 0.257 e. The van der Waals surface area contributed by atoms with Crippen LogP contribution in [0.4, 0.5) is 11.4 Å². The van der Waals surface area contributed by atoms with Crippen LogP contribution in [-0.4, -0.2) is 24.0 Å². The van der Waals surface area contributed by atoms with E-state index in [0.717, 1.165) is 37.4 Å². The van der Waals surface area contributed by atoms with Crippen LogP contribution >= 0.6 is 0 Å². The fourth-order valence-electron chi connectivity index (χ4n) is 3.07. The summed E-state index contributed by atoms with van der Waals surface area (Å²) in [6.07, 6.45) is 5.52. The minimum atomic E-state index is -0.177. The molecule has 0 unspecified atom stereocenters. The molecule has 0 bridgehead atoms. The lowest BCUT2D eigenvalue weighted by Gasteiger charge is -2.23. The Labute approximate surface area is 172 Å². The molecule has 5 nitrogen and oxygen atoms in total. The van der Waals surface area contributed by atoms with Gasteiger partial charge >= 0.3 is 0 Å². The van der Waals surface area contributed by atoms with Gasteiger partial charge in [-0.1, -0.05) is 32.0 Å². The molecule has 150 valence electrons. The Morgan fingerprint density at radius 2 is 1.59 bits per heavy atom. The van der Waals surface area contributed by atoms with Gasteiger partial charge in [0, 0.05) is 25.0 Å². The van der Waals surface area contributed by atoms with E-state index < -0.39 is 0 Å². The summed E-state index contributed by atoms with van der Waals surface area (Å²) in [6, 6.07) is 18.8. The molecule has 0 aliphatic heterocycles. The first kappa shape index (κ1) is 20.4. The highest BCUT2D eigenvalue weighted by Crippen LogP contribution is 2.23. The van der Waals surface area contributed by atoms with Crippen LogP contribution in [0, 0.1) is 0 Å². The van der Waals surface area contributed by atoms with Crippen LogP contribution < -0.4 is 15.0 Å². The highest BCUT2D eigenvalue weighted by Gasteiger charge is 2.11. The molecule has 0 fully saturated rings. The van der Waals surface area contributed by atoms with Gasteiger partial charge in [-0.15, -0.1) is 0 Å². The lowest BCUT2D eigenvalue weighted by Crippen LogP contribution is -2.25. The number of nitrogens with one attached hydrogen (secondary N) is 1. The number of benzene rings is 2. The third-order valence-corrected chi connectivity index (χ3v) is 4.43. The number of pyridine rings is 1. The van der Waals surface area contributed by atoms with Gasteiger partial charge in [0.2, 0.25) is 0 Å². The number of ether oxygens (including phenoxy) is 1. The normalized spacial score (nSPS) is 10.4. The molecule has 0 atom stereocenters. The van der Waals surface area contributed by atoms with Crippen molar-refractivity contribution in [2.24, 2.45) is 0 Å². The number of anilines is 2. The van der Waals surface area contributed by atoms with E-state index in [1.807, 2.05) is 66.9 Å². The summed E-state index contributed by atoms with van der Waals surface area (Å²) in [5.41, 5.74) is 2.23. The molecule has 0 spiro atoms. The summed E-state index contributed by atoms with van der Waals surface area (Å²) in [5.74, 6) is 1.31. The van der Waals surface area contributed by atoms with Crippen LogP contribution in [-0.2, 0) is 0 Å². The summed E-state index contributed by atoms with van der Waals surface area (Å²) >= 11 is 0. The molecule has 0 radical (unpaired) electrons. The number of nitrogens with zero attached hydrogens (tertiary/aromatic N) is 2. The van der Waals surface area contributed by atoms with Crippen molar-refractivity contribution in [3.05, 3.63) is 78.6 Å². The van der Waals surface area contributed by atoms with Gasteiger partial charge in [0.1, 0.15) is 11.5 Å². The van der Waals surface area contributed by atoms with Crippen LogP contribution in [0.1, 0.15) is 37.0 Å². The number of amides is 1. The smallest absolute Gasteiger partial charge is 0.257 e. The third kappa shape index (κ3) is 5.82. The first-order chi connectivity index (χ1) is 14.2. The standard InChI is InChI=1S/C24H27N3O2/c1-3-14-27(15-4-2)21-16-19(17-25-18-21)24(28)26-20-10-12-23(13-11-20)29-22-8-6-5-7-9-22/h5-13,16-18H,3-4,14-15H2,1-2H3,(H,26,28). The van der Waals surface area contributed by atoms with E-state index in [4.69, 9.17) is 4.74 Å². The van der Waals surface area contributed by atoms with Crippen molar-refractivity contribution in [3.63, 3.8) is 0 Å². The third-order valence-electron chi connectivity index (χ3n) is 4.43. The van der Waals surface area contributed by atoms with E-state index in [9.17, 15) is 4.79 Å². The summed E-state index contributed by atoms with van der Waals surface area (Å²) in [4.78, 5) is 19.2. The van der Waals surface area contributed by atoms with Gasteiger partial charge in [-0.05, 0) is 55.3 Å². The van der Waals surface area contributed by atoms with Crippen molar-refractivity contribution in [2.75, 3.05) is 23.3 Å². The minimum absolute atomic E-state index is 0.177. The number of aromatic nitrogens is 1. The number of para-hydroxylation sites is 1.